The van der Waals surface area contributed by atoms with Crippen LogP contribution in [0.25, 0.3) is 0 Å². The number of aromatic amines is 2. The molecular weight excluding hydrogens is 580 g/mol. The first kappa shape index (κ1) is 33.0. The Balaban J connectivity index is 1.74. The zero-order valence-corrected chi connectivity index (χ0v) is 27.1. The van der Waals surface area contributed by atoms with Crippen LogP contribution in [-0.4, -0.2) is 54.9 Å². The number of aliphatic imine (C=N–C) groups is 1. The molecule has 0 spiro atoms. The highest BCUT2D eigenvalue weighted by Gasteiger charge is 2.32. The second-order valence-electron chi connectivity index (χ2n) is 11.8. The minimum absolute atomic E-state index is 0.0406. The summed E-state index contributed by atoms with van der Waals surface area (Å²) in [5.41, 5.74) is 11.2. The maximum atomic E-state index is 12.5. The fourth-order valence-corrected chi connectivity index (χ4v) is 6.90. The van der Waals surface area contributed by atoms with Gasteiger partial charge >= 0.3 is 11.9 Å². The van der Waals surface area contributed by atoms with Gasteiger partial charge in [0, 0.05) is 71.4 Å². The average molecular weight is 623 g/mol. The Morgan fingerprint density at radius 1 is 0.886 bits per heavy atom. The van der Waals surface area contributed by atoms with Gasteiger partial charge < -0.3 is 25.5 Å². The number of carboxylic acids is 2. The van der Waals surface area contributed by atoms with Crippen LogP contribution in [-0.2, 0) is 51.3 Å². The van der Waals surface area contributed by atoms with E-state index in [1.54, 1.807) is 0 Å². The molecule has 0 fully saturated rings. The van der Waals surface area contributed by atoms with Crippen molar-refractivity contribution in [1.29, 1.82) is 0 Å². The number of rotatable bonds is 14. The Labute approximate surface area is 262 Å². The van der Waals surface area contributed by atoms with Crippen molar-refractivity contribution in [2.45, 2.75) is 98.2 Å². The van der Waals surface area contributed by atoms with Crippen molar-refractivity contribution in [3.63, 3.8) is 0 Å². The third-order valence-corrected chi connectivity index (χ3v) is 9.32. The predicted molar refractivity (Wildman–Crippen MR) is 171 cm³/mol. The first-order valence-corrected chi connectivity index (χ1v) is 15.6. The largest absolute Gasteiger partial charge is 0.481 e. The molecule has 44 heavy (non-hydrogen) atoms. The molecule has 0 aliphatic carbocycles. The normalized spacial score (nSPS) is 17.5. The van der Waals surface area contributed by atoms with E-state index in [1.165, 1.54) is 0 Å². The topological polar surface area (TPSA) is 165 Å². The highest BCUT2D eigenvalue weighted by atomic mass is 32.1. The summed E-state index contributed by atoms with van der Waals surface area (Å²) in [5, 5.41) is 21.9. The zero-order valence-electron chi connectivity index (χ0n) is 26.2. The fraction of sp³-hybridized carbons (Fsp3) is 0.485. The summed E-state index contributed by atoms with van der Waals surface area (Å²) < 4.78 is 0. The molecule has 0 unspecified atom stereocenters. The molecule has 0 aromatic carbocycles. The van der Waals surface area contributed by atoms with Crippen LogP contribution in [0.15, 0.2) is 27.4 Å². The van der Waals surface area contributed by atoms with Crippen LogP contribution in [0.1, 0.15) is 92.0 Å². The molecule has 2 aliphatic heterocycles. The predicted octanol–water partition coefficient (Wildman–Crippen LogP) is 4.72. The summed E-state index contributed by atoms with van der Waals surface area (Å²) in [5.74, 6) is -2.33. The molecule has 4 heterocycles. The van der Waals surface area contributed by atoms with E-state index in [0.29, 0.717) is 49.8 Å². The molecule has 2 aliphatic rings. The van der Waals surface area contributed by atoms with Crippen LogP contribution in [0.2, 0.25) is 0 Å². The van der Waals surface area contributed by atoms with Crippen molar-refractivity contribution < 1.29 is 29.4 Å². The number of thiol groups is 1. The van der Waals surface area contributed by atoms with Gasteiger partial charge in [0.25, 0.3) is 5.91 Å². The van der Waals surface area contributed by atoms with E-state index in [1.807, 2.05) is 41.5 Å². The van der Waals surface area contributed by atoms with Gasteiger partial charge in [-0.05, 0) is 87.3 Å². The van der Waals surface area contributed by atoms with Gasteiger partial charge in [0.05, 0.1) is 11.6 Å². The van der Waals surface area contributed by atoms with Crippen LogP contribution in [0, 0.1) is 19.8 Å². The second kappa shape index (κ2) is 13.4. The van der Waals surface area contributed by atoms with Gasteiger partial charge in [-0.3, -0.25) is 19.2 Å². The maximum Gasteiger partial charge on any atom is 0.303 e. The maximum absolute atomic E-state index is 12.5. The van der Waals surface area contributed by atoms with Crippen molar-refractivity contribution >= 4 is 42.1 Å². The van der Waals surface area contributed by atoms with Crippen molar-refractivity contribution in [1.82, 2.24) is 15.3 Å². The van der Waals surface area contributed by atoms with Crippen LogP contribution in [0.5, 0.6) is 0 Å². The second-order valence-corrected chi connectivity index (χ2v) is 12.6. The lowest BCUT2D eigenvalue weighted by atomic mass is 9.96. The highest BCUT2D eigenvalue weighted by molar-refractivity contribution is 7.81. The number of nitrogens with zero attached hydrogens (tertiary/aromatic N) is 1. The van der Waals surface area contributed by atoms with Gasteiger partial charge in [0.15, 0.2) is 0 Å². The van der Waals surface area contributed by atoms with Gasteiger partial charge in [-0.1, -0.05) is 6.92 Å². The molecule has 4 rings (SSSR count). The lowest BCUT2D eigenvalue weighted by molar-refractivity contribution is -0.138. The zero-order chi connectivity index (χ0) is 32.5. The van der Waals surface area contributed by atoms with E-state index in [0.717, 1.165) is 61.9 Å². The Morgan fingerprint density at radius 3 is 1.86 bits per heavy atom. The number of hydrogen-bond donors (Lipinski definition) is 6. The number of carbonyl (C=O) groups is 4. The Kier molecular flexibility index (Phi) is 10.1. The first-order chi connectivity index (χ1) is 20.7. The molecule has 5 N–H and O–H groups in total. The van der Waals surface area contributed by atoms with E-state index >= 15 is 0 Å². The monoisotopic (exact) mass is 622 g/mol. The molecule has 0 bridgehead atoms. The van der Waals surface area contributed by atoms with Crippen molar-refractivity contribution in [3.8, 4) is 0 Å². The van der Waals surface area contributed by atoms with Gasteiger partial charge in [-0.25, -0.2) is 4.99 Å². The van der Waals surface area contributed by atoms with Gasteiger partial charge in [0.2, 0.25) is 5.91 Å². The van der Waals surface area contributed by atoms with Crippen molar-refractivity contribution in [3.05, 3.63) is 67.4 Å². The third-order valence-electron chi connectivity index (χ3n) is 9.04. The summed E-state index contributed by atoms with van der Waals surface area (Å²) in [4.78, 5) is 59.4. The number of hydrogen-bond acceptors (Lipinski definition) is 5. The Morgan fingerprint density at radius 2 is 1.41 bits per heavy atom. The van der Waals surface area contributed by atoms with E-state index in [-0.39, 0.29) is 35.8 Å². The average Bonchev–Trinajstić information content (AvgIpc) is 3.59. The number of nitrogens with one attached hydrogen (secondary N) is 3. The highest BCUT2D eigenvalue weighted by Crippen LogP contribution is 2.33. The third kappa shape index (κ3) is 6.77. The molecule has 2 amide bonds. The summed E-state index contributed by atoms with van der Waals surface area (Å²) in [6.07, 6.45) is 2.45. The number of aromatic nitrogens is 2. The molecule has 0 saturated carbocycles. The number of amides is 2. The first-order valence-electron chi connectivity index (χ1n) is 15.1. The number of carboxylic acid groups (broad SMARTS) is 2. The van der Waals surface area contributed by atoms with Crippen LogP contribution in [0.4, 0.5) is 0 Å². The van der Waals surface area contributed by atoms with E-state index in [2.05, 4.69) is 32.9 Å². The number of aliphatic carboxylic acids is 2. The quantitative estimate of drug-likeness (QED) is 0.167. The molecule has 0 radical (unpaired) electrons. The molecule has 0 saturated heterocycles. The number of H-pyrrole nitrogens is 2. The van der Waals surface area contributed by atoms with Crippen LogP contribution < -0.4 is 5.32 Å². The number of allylic oxidation sites excluding steroid dienone is 2. The summed E-state index contributed by atoms with van der Waals surface area (Å²) >= 11 is 4.61. The molecule has 2 aromatic rings. The lowest BCUT2D eigenvalue weighted by Crippen LogP contribution is -2.21. The van der Waals surface area contributed by atoms with Crippen molar-refractivity contribution in [2.75, 3.05) is 0 Å². The van der Waals surface area contributed by atoms with Gasteiger partial charge in [0.1, 0.15) is 0 Å². The Hall–Kier alpha value is -3.86. The smallest absolute Gasteiger partial charge is 0.303 e. The number of carbonyl (C=O) groups excluding carboxylic acids is 2. The van der Waals surface area contributed by atoms with Gasteiger partial charge in [-0.2, -0.15) is 12.6 Å². The molecule has 11 heteroatoms. The van der Waals surface area contributed by atoms with Gasteiger partial charge in [-0.15, -0.1) is 0 Å². The minimum atomic E-state index is -0.897. The molecular formula is C33H42N4O6S. The molecule has 2 atom stereocenters. The minimum Gasteiger partial charge on any atom is -0.481 e. The fourth-order valence-electron chi connectivity index (χ4n) is 6.53. The van der Waals surface area contributed by atoms with Crippen molar-refractivity contribution in [2.24, 2.45) is 10.9 Å². The summed E-state index contributed by atoms with van der Waals surface area (Å²) in [7, 11) is 0. The van der Waals surface area contributed by atoms with E-state index < -0.39 is 11.9 Å². The lowest BCUT2D eigenvalue weighted by Gasteiger charge is -2.12. The summed E-state index contributed by atoms with van der Waals surface area (Å²) in [6, 6.07) is 0. The SMILES string of the molecule is CCC1=C(C)C(Cc2[nH]c(Cc3[nH]c(CC4=C([C@@H](C)S)[C@@H](C)C(=O)N4)c(C)c3CCC(=O)O)c(CCC(=O)O)c2C)=NC1=O. The van der Waals surface area contributed by atoms with E-state index in [9.17, 15) is 29.4 Å². The summed E-state index contributed by atoms with van der Waals surface area (Å²) in [6.45, 7) is 11.6. The van der Waals surface area contributed by atoms with Crippen LogP contribution in [0.3, 0.4) is 0 Å². The molecule has 2 aromatic heterocycles. The standard InChI is InChI=1S/C33H42N4O6S/c1-7-20-15(2)25(36-33(20)43)12-23-16(3)21(8-10-29(38)39)26(34-23)14-27-22(9-11-30(40)41)17(4)24(35-27)13-28-31(19(6)44)18(5)32(42)37-28/h18-19,34-35,44H,7-14H2,1-6H3,(H,37,42)(H,38,39)(H,40,41)/t18-,19-/m1/s1. The van der Waals surface area contributed by atoms with E-state index in [4.69, 9.17) is 0 Å². The molecule has 10 nitrogen and oxygen atoms in total. The van der Waals surface area contributed by atoms with Crippen LogP contribution >= 0.6 is 12.6 Å². The molecule has 236 valence electrons. The Bertz CT molecular complexity index is 1620.